The van der Waals surface area contributed by atoms with Crippen LogP contribution < -0.4 is 4.74 Å². The van der Waals surface area contributed by atoms with Gasteiger partial charge in [0.1, 0.15) is 12.4 Å². The van der Waals surface area contributed by atoms with E-state index in [1.54, 1.807) is 14.0 Å². The summed E-state index contributed by atoms with van der Waals surface area (Å²) >= 11 is 0. The summed E-state index contributed by atoms with van der Waals surface area (Å²) in [5, 5.41) is 2.07. The third-order valence-electron chi connectivity index (χ3n) is 3.22. The Morgan fingerprint density at radius 2 is 1.90 bits per heavy atom. The Morgan fingerprint density at radius 3 is 2.60 bits per heavy atom. The minimum absolute atomic E-state index is 0.200. The molecule has 0 spiro atoms. The molecule has 104 valence electrons. The molecule has 2 rings (SSSR count). The fraction of sp³-hybridized carbons (Fsp3) is 0.250. The van der Waals surface area contributed by atoms with Crippen LogP contribution in [0.1, 0.15) is 18.4 Å². The van der Waals surface area contributed by atoms with Gasteiger partial charge in [-0.25, -0.2) is 0 Å². The van der Waals surface area contributed by atoms with E-state index in [-0.39, 0.29) is 6.61 Å². The van der Waals surface area contributed by atoms with Crippen LogP contribution in [-0.2, 0) is 14.3 Å². The van der Waals surface area contributed by atoms with E-state index in [1.807, 2.05) is 36.4 Å². The van der Waals surface area contributed by atoms with Crippen molar-refractivity contribution in [2.75, 3.05) is 13.7 Å². The molecule has 0 aliphatic carbocycles. The number of carbonyl (C=O) groups excluding carboxylic acids is 2. The van der Waals surface area contributed by atoms with Gasteiger partial charge in [0.15, 0.2) is 6.29 Å². The summed E-state index contributed by atoms with van der Waals surface area (Å²) in [5.41, 5.74) is 0.860. The molecule has 0 aliphatic rings. The fourth-order valence-electron chi connectivity index (χ4n) is 2.02. The SMILES string of the molecule is COc1ccc2cc([C@H](C)C(=O)OCC=O)ccc2c1. The Balaban J connectivity index is 2.27. The van der Waals surface area contributed by atoms with Gasteiger partial charge in [-0.15, -0.1) is 0 Å². The molecular weight excluding hydrogens is 256 g/mol. The Labute approximate surface area is 117 Å². The zero-order valence-corrected chi connectivity index (χ0v) is 11.5. The summed E-state index contributed by atoms with van der Waals surface area (Å²) < 4.78 is 10.0. The second kappa shape index (κ2) is 6.19. The fourth-order valence-corrected chi connectivity index (χ4v) is 2.02. The van der Waals surface area contributed by atoms with Gasteiger partial charge in [0.25, 0.3) is 0 Å². The van der Waals surface area contributed by atoms with Crippen LogP contribution in [-0.4, -0.2) is 26.0 Å². The van der Waals surface area contributed by atoms with Crippen molar-refractivity contribution in [3.8, 4) is 5.75 Å². The quantitative estimate of drug-likeness (QED) is 0.620. The van der Waals surface area contributed by atoms with Gasteiger partial charge in [0.2, 0.25) is 0 Å². The molecule has 0 aromatic heterocycles. The summed E-state index contributed by atoms with van der Waals surface area (Å²) in [5.74, 6) is -0.00453. The van der Waals surface area contributed by atoms with Crippen LogP contribution in [0.15, 0.2) is 36.4 Å². The molecule has 0 radical (unpaired) electrons. The highest BCUT2D eigenvalue weighted by atomic mass is 16.5. The smallest absolute Gasteiger partial charge is 0.313 e. The Bertz CT molecular complexity index is 633. The van der Waals surface area contributed by atoms with Crippen molar-refractivity contribution in [1.82, 2.24) is 0 Å². The number of hydrogen-bond acceptors (Lipinski definition) is 4. The van der Waals surface area contributed by atoms with Crippen LogP contribution in [0.3, 0.4) is 0 Å². The highest BCUT2D eigenvalue weighted by molar-refractivity contribution is 5.87. The number of ether oxygens (including phenoxy) is 2. The number of aldehydes is 1. The van der Waals surface area contributed by atoms with Gasteiger partial charge >= 0.3 is 5.97 Å². The van der Waals surface area contributed by atoms with Gasteiger partial charge in [-0.2, -0.15) is 0 Å². The van der Waals surface area contributed by atoms with Gasteiger partial charge in [-0.1, -0.05) is 24.3 Å². The zero-order chi connectivity index (χ0) is 14.5. The summed E-state index contributed by atoms with van der Waals surface area (Å²) in [6.07, 6.45) is 0.567. The van der Waals surface area contributed by atoms with Crippen molar-refractivity contribution in [2.45, 2.75) is 12.8 Å². The molecule has 0 saturated heterocycles. The first-order valence-corrected chi connectivity index (χ1v) is 6.33. The number of methoxy groups -OCH3 is 1. The van der Waals surface area contributed by atoms with E-state index in [0.717, 1.165) is 22.1 Å². The average Bonchev–Trinajstić information content (AvgIpc) is 2.50. The predicted octanol–water partition coefficient (Wildman–Crippen LogP) is 2.69. The third-order valence-corrected chi connectivity index (χ3v) is 3.22. The number of rotatable bonds is 5. The van der Waals surface area contributed by atoms with E-state index < -0.39 is 11.9 Å². The van der Waals surface area contributed by atoms with Crippen molar-refractivity contribution in [3.05, 3.63) is 42.0 Å². The van der Waals surface area contributed by atoms with Crippen LogP contribution >= 0.6 is 0 Å². The van der Waals surface area contributed by atoms with E-state index in [2.05, 4.69) is 0 Å². The second-order valence-corrected chi connectivity index (χ2v) is 4.49. The minimum Gasteiger partial charge on any atom is -0.497 e. The Kier molecular flexibility index (Phi) is 4.35. The average molecular weight is 272 g/mol. The van der Waals surface area contributed by atoms with Crippen LogP contribution in [0.25, 0.3) is 10.8 Å². The Morgan fingerprint density at radius 1 is 1.20 bits per heavy atom. The molecule has 0 bridgehead atoms. The van der Waals surface area contributed by atoms with Crippen molar-refractivity contribution < 1.29 is 19.1 Å². The molecular formula is C16H16O4. The third kappa shape index (κ3) is 2.96. The molecule has 0 saturated carbocycles. The first kappa shape index (κ1) is 14.1. The topological polar surface area (TPSA) is 52.6 Å². The molecule has 20 heavy (non-hydrogen) atoms. The van der Waals surface area contributed by atoms with E-state index >= 15 is 0 Å². The largest absolute Gasteiger partial charge is 0.497 e. The Hall–Kier alpha value is -2.36. The normalized spacial score (nSPS) is 11.9. The van der Waals surface area contributed by atoms with Crippen molar-refractivity contribution in [3.63, 3.8) is 0 Å². The second-order valence-electron chi connectivity index (χ2n) is 4.49. The molecule has 0 N–H and O–H groups in total. The number of carbonyl (C=O) groups is 2. The van der Waals surface area contributed by atoms with Crippen LogP contribution in [0.4, 0.5) is 0 Å². The van der Waals surface area contributed by atoms with E-state index in [9.17, 15) is 9.59 Å². The first-order valence-electron chi connectivity index (χ1n) is 6.33. The molecule has 2 aromatic rings. The molecule has 0 heterocycles. The predicted molar refractivity (Wildman–Crippen MR) is 75.9 cm³/mol. The number of esters is 1. The summed E-state index contributed by atoms with van der Waals surface area (Å²) in [4.78, 5) is 22.0. The molecule has 0 fully saturated rings. The molecule has 4 nitrogen and oxygen atoms in total. The zero-order valence-electron chi connectivity index (χ0n) is 11.5. The summed E-state index contributed by atoms with van der Waals surface area (Å²) in [6.45, 7) is 1.56. The number of fused-ring (bicyclic) bond motifs is 1. The van der Waals surface area contributed by atoms with Gasteiger partial charge in [-0.05, 0) is 35.4 Å². The summed E-state index contributed by atoms with van der Waals surface area (Å²) in [6, 6.07) is 11.5. The van der Waals surface area contributed by atoms with E-state index in [1.165, 1.54) is 0 Å². The molecule has 1 atom stereocenters. The lowest BCUT2D eigenvalue weighted by Crippen LogP contribution is -2.14. The van der Waals surface area contributed by atoms with E-state index in [0.29, 0.717) is 6.29 Å². The highest BCUT2D eigenvalue weighted by Crippen LogP contribution is 2.25. The van der Waals surface area contributed by atoms with Gasteiger partial charge < -0.3 is 9.47 Å². The summed E-state index contributed by atoms with van der Waals surface area (Å²) in [7, 11) is 1.63. The van der Waals surface area contributed by atoms with Crippen molar-refractivity contribution in [2.24, 2.45) is 0 Å². The van der Waals surface area contributed by atoms with Gasteiger partial charge in [-0.3, -0.25) is 9.59 Å². The number of benzene rings is 2. The monoisotopic (exact) mass is 272 g/mol. The van der Waals surface area contributed by atoms with Crippen LogP contribution in [0.5, 0.6) is 5.75 Å². The minimum atomic E-state index is -0.401. The van der Waals surface area contributed by atoms with Crippen LogP contribution in [0.2, 0.25) is 0 Å². The molecule has 0 aliphatic heterocycles. The van der Waals surface area contributed by atoms with Gasteiger partial charge in [0.05, 0.1) is 13.0 Å². The lowest BCUT2D eigenvalue weighted by molar-refractivity contribution is -0.146. The molecule has 2 aromatic carbocycles. The maximum absolute atomic E-state index is 11.7. The highest BCUT2D eigenvalue weighted by Gasteiger charge is 2.16. The van der Waals surface area contributed by atoms with Crippen LogP contribution in [0, 0.1) is 0 Å². The van der Waals surface area contributed by atoms with Crippen molar-refractivity contribution >= 4 is 23.0 Å². The molecule has 0 unspecified atom stereocenters. The lowest BCUT2D eigenvalue weighted by atomic mass is 9.98. The van der Waals surface area contributed by atoms with Gasteiger partial charge in [0, 0.05) is 0 Å². The molecule has 0 amide bonds. The lowest BCUT2D eigenvalue weighted by Gasteiger charge is -2.11. The standard InChI is InChI=1S/C16H16O4/c1-11(16(18)20-8-7-17)12-3-4-14-10-15(19-2)6-5-13(14)9-12/h3-7,9-11H,8H2,1-2H3/t11-/m0/s1. The number of hydrogen-bond donors (Lipinski definition) is 0. The molecule has 4 heteroatoms. The maximum atomic E-state index is 11.7. The first-order chi connectivity index (χ1) is 9.65. The van der Waals surface area contributed by atoms with Crippen molar-refractivity contribution in [1.29, 1.82) is 0 Å². The maximum Gasteiger partial charge on any atom is 0.313 e. The van der Waals surface area contributed by atoms with E-state index in [4.69, 9.17) is 9.47 Å².